The first-order chi connectivity index (χ1) is 17.5. The lowest BCUT2D eigenvalue weighted by Crippen LogP contribution is -2.48. The number of rotatable bonds is 8. The van der Waals surface area contributed by atoms with Crippen molar-refractivity contribution in [2.75, 3.05) is 44.8 Å². The van der Waals surface area contributed by atoms with E-state index in [1.54, 1.807) is 28.8 Å². The molecule has 0 aliphatic carbocycles. The number of benzene rings is 1. The summed E-state index contributed by atoms with van der Waals surface area (Å²) >= 11 is 0. The molecule has 0 unspecified atom stereocenters. The third-order valence-corrected chi connectivity index (χ3v) is 5.99. The largest absolute Gasteiger partial charge is 0.469 e. The summed E-state index contributed by atoms with van der Waals surface area (Å²) in [5, 5.41) is 4.45. The predicted molar refractivity (Wildman–Crippen MR) is 133 cm³/mol. The molecule has 1 aliphatic heterocycles. The molecule has 0 N–H and O–H groups in total. The molecule has 3 aromatic rings. The van der Waals surface area contributed by atoms with Crippen LogP contribution in [0, 0.1) is 0 Å². The van der Waals surface area contributed by atoms with E-state index in [2.05, 4.69) is 19.7 Å². The molecule has 0 radical (unpaired) electrons. The van der Waals surface area contributed by atoms with Gasteiger partial charge in [-0.05, 0) is 37.3 Å². The van der Waals surface area contributed by atoms with E-state index in [1.165, 1.54) is 7.11 Å². The van der Waals surface area contributed by atoms with Crippen molar-refractivity contribution in [3.8, 4) is 17.1 Å². The monoisotopic (exact) mass is 491 g/mol. The van der Waals surface area contributed by atoms with Gasteiger partial charge in [0.2, 0.25) is 5.91 Å². The Hall–Kier alpha value is -4.21. The highest BCUT2D eigenvalue weighted by Gasteiger charge is 2.23. The van der Waals surface area contributed by atoms with Crippen molar-refractivity contribution in [1.82, 2.24) is 19.7 Å². The Morgan fingerprint density at radius 1 is 0.972 bits per heavy atom. The van der Waals surface area contributed by atoms with Gasteiger partial charge in [-0.1, -0.05) is 18.2 Å². The first kappa shape index (κ1) is 24.9. The third kappa shape index (κ3) is 5.70. The molecule has 36 heavy (non-hydrogen) atoms. The number of piperazine rings is 1. The van der Waals surface area contributed by atoms with Crippen LogP contribution in [0.5, 0.6) is 0 Å². The molecule has 1 aromatic carbocycles. The zero-order valence-corrected chi connectivity index (χ0v) is 20.4. The van der Waals surface area contributed by atoms with E-state index < -0.39 is 5.97 Å². The van der Waals surface area contributed by atoms with E-state index in [4.69, 9.17) is 4.74 Å². The molecule has 0 bridgehead atoms. The summed E-state index contributed by atoms with van der Waals surface area (Å²) in [6.07, 6.45) is 1.94. The van der Waals surface area contributed by atoms with Crippen LogP contribution in [0.1, 0.15) is 30.3 Å². The van der Waals surface area contributed by atoms with Crippen LogP contribution in [0.2, 0.25) is 0 Å². The molecule has 1 fully saturated rings. The maximum atomic E-state index is 12.4. The fourth-order valence-corrected chi connectivity index (χ4v) is 4.07. The summed E-state index contributed by atoms with van der Waals surface area (Å²) < 4.78 is 11.4. The zero-order chi connectivity index (χ0) is 25.5. The summed E-state index contributed by atoms with van der Waals surface area (Å²) in [7, 11) is 1.32. The molecular weight excluding hydrogens is 462 g/mol. The van der Waals surface area contributed by atoms with Gasteiger partial charge in [-0.3, -0.25) is 9.59 Å². The summed E-state index contributed by atoms with van der Waals surface area (Å²) in [5.74, 6) is -0.291. The number of carbonyl (C=O) groups excluding carboxylic acids is 3. The van der Waals surface area contributed by atoms with Crippen molar-refractivity contribution in [3.63, 3.8) is 0 Å². The van der Waals surface area contributed by atoms with Crippen molar-refractivity contribution in [2.45, 2.75) is 19.8 Å². The highest BCUT2D eigenvalue weighted by Crippen LogP contribution is 2.27. The van der Waals surface area contributed by atoms with Gasteiger partial charge in [0.25, 0.3) is 0 Å². The molecule has 1 saturated heterocycles. The Kier molecular flexibility index (Phi) is 7.94. The third-order valence-electron chi connectivity index (χ3n) is 5.99. The number of methoxy groups -OCH3 is 1. The van der Waals surface area contributed by atoms with Crippen LogP contribution in [0.15, 0.2) is 54.7 Å². The smallest absolute Gasteiger partial charge is 0.358 e. The van der Waals surface area contributed by atoms with Gasteiger partial charge in [0.1, 0.15) is 0 Å². The van der Waals surface area contributed by atoms with E-state index in [0.29, 0.717) is 32.0 Å². The number of ether oxygens (including phenoxy) is 2. The maximum absolute atomic E-state index is 12.4. The molecule has 10 heteroatoms. The van der Waals surface area contributed by atoms with Gasteiger partial charge in [0.15, 0.2) is 11.5 Å². The van der Waals surface area contributed by atoms with Crippen molar-refractivity contribution in [3.05, 3.63) is 60.4 Å². The van der Waals surface area contributed by atoms with Crippen molar-refractivity contribution in [1.29, 1.82) is 0 Å². The van der Waals surface area contributed by atoms with Crippen LogP contribution < -0.4 is 4.90 Å². The van der Waals surface area contributed by atoms with Crippen LogP contribution in [0.25, 0.3) is 17.1 Å². The van der Waals surface area contributed by atoms with E-state index >= 15 is 0 Å². The van der Waals surface area contributed by atoms with Crippen molar-refractivity contribution < 1.29 is 23.9 Å². The number of aromatic nitrogens is 3. The normalized spacial score (nSPS) is 13.4. The Labute approximate surface area is 209 Å². The molecule has 0 saturated carbocycles. The highest BCUT2D eigenvalue weighted by atomic mass is 16.5. The Balaban J connectivity index is 1.47. The Bertz CT molecular complexity index is 1200. The van der Waals surface area contributed by atoms with E-state index in [0.717, 1.165) is 16.9 Å². The first-order valence-electron chi connectivity index (χ1n) is 11.9. The average molecular weight is 492 g/mol. The molecule has 4 rings (SSSR count). The van der Waals surface area contributed by atoms with Gasteiger partial charge < -0.3 is 19.3 Å². The van der Waals surface area contributed by atoms with E-state index in [-0.39, 0.29) is 37.0 Å². The number of esters is 2. The minimum absolute atomic E-state index is 0.0319. The molecule has 188 valence electrons. The predicted octanol–water partition coefficient (Wildman–Crippen LogP) is 2.71. The lowest BCUT2D eigenvalue weighted by atomic mass is 10.1. The van der Waals surface area contributed by atoms with Gasteiger partial charge >= 0.3 is 11.9 Å². The summed E-state index contributed by atoms with van der Waals surface area (Å²) in [4.78, 5) is 44.4. The van der Waals surface area contributed by atoms with Gasteiger partial charge in [0, 0.05) is 50.0 Å². The van der Waals surface area contributed by atoms with E-state index in [9.17, 15) is 14.4 Å². The van der Waals surface area contributed by atoms with Crippen LogP contribution >= 0.6 is 0 Å². The lowest BCUT2D eigenvalue weighted by Gasteiger charge is -2.36. The van der Waals surface area contributed by atoms with Crippen LogP contribution in [0.4, 0.5) is 5.69 Å². The summed E-state index contributed by atoms with van der Waals surface area (Å²) in [5.41, 5.74) is 2.86. The molecule has 1 amide bonds. The lowest BCUT2D eigenvalue weighted by molar-refractivity contribution is -0.143. The molecule has 10 nitrogen and oxygen atoms in total. The summed E-state index contributed by atoms with van der Waals surface area (Å²) in [6.45, 7) is 4.60. The fraction of sp³-hybridized carbons (Fsp3) is 0.346. The standard InChI is InChI=1S/C26H29N5O5/c1-3-36-26(34)21-18-22(31(28-21)23-6-4-5-13-27-23)19-7-9-20(10-8-19)29-14-16-30(17-15-29)24(32)11-12-25(33)35-2/h4-10,13,18H,3,11-12,14-17H2,1-2H3. The second-order valence-electron chi connectivity index (χ2n) is 8.23. The number of amides is 1. The van der Waals surface area contributed by atoms with Gasteiger partial charge in [-0.25, -0.2) is 14.5 Å². The molecular formula is C26H29N5O5. The number of hydrogen-bond donors (Lipinski definition) is 0. The number of hydrogen-bond acceptors (Lipinski definition) is 8. The van der Waals surface area contributed by atoms with Gasteiger partial charge in [-0.2, -0.15) is 5.10 Å². The average Bonchev–Trinajstić information content (AvgIpc) is 3.38. The van der Waals surface area contributed by atoms with Crippen LogP contribution in [-0.2, 0) is 19.1 Å². The minimum Gasteiger partial charge on any atom is -0.469 e. The first-order valence-corrected chi connectivity index (χ1v) is 11.9. The fourth-order valence-electron chi connectivity index (χ4n) is 4.07. The maximum Gasteiger partial charge on any atom is 0.358 e. The SMILES string of the molecule is CCOC(=O)c1cc(-c2ccc(N3CCN(C(=O)CCC(=O)OC)CC3)cc2)n(-c2ccccn2)n1. The molecule has 1 aliphatic rings. The number of carbonyl (C=O) groups is 3. The van der Waals surface area contributed by atoms with Crippen molar-refractivity contribution in [2.24, 2.45) is 0 Å². The second-order valence-corrected chi connectivity index (χ2v) is 8.23. The van der Waals surface area contributed by atoms with Crippen LogP contribution in [-0.4, -0.2) is 77.4 Å². The summed E-state index contributed by atoms with van der Waals surface area (Å²) in [6, 6.07) is 15.2. The Morgan fingerprint density at radius 3 is 2.36 bits per heavy atom. The molecule has 2 aromatic heterocycles. The second kappa shape index (κ2) is 11.5. The van der Waals surface area contributed by atoms with Gasteiger partial charge in [0.05, 0.1) is 25.8 Å². The highest BCUT2D eigenvalue weighted by molar-refractivity contribution is 5.89. The quantitative estimate of drug-likeness (QED) is 0.443. The molecule has 0 atom stereocenters. The molecule has 0 spiro atoms. The number of nitrogens with zero attached hydrogens (tertiary/aromatic N) is 5. The zero-order valence-electron chi connectivity index (χ0n) is 20.4. The minimum atomic E-state index is -0.482. The topological polar surface area (TPSA) is 107 Å². The molecule has 3 heterocycles. The van der Waals surface area contributed by atoms with E-state index in [1.807, 2.05) is 42.5 Å². The van der Waals surface area contributed by atoms with Crippen molar-refractivity contribution >= 4 is 23.5 Å². The Morgan fingerprint density at radius 2 is 1.72 bits per heavy atom. The number of pyridine rings is 1. The number of anilines is 1. The van der Waals surface area contributed by atoms with Crippen LogP contribution in [0.3, 0.4) is 0 Å². The van der Waals surface area contributed by atoms with Gasteiger partial charge in [-0.15, -0.1) is 0 Å².